The number of hydrogen-bond donors (Lipinski definition) is 0. The van der Waals surface area contributed by atoms with Crippen LogP contribution in [0.25, 0.3) is 6.08 Å². The molecule has 0 radical (unpaired) electrons. The minimum atomic E-state index is -3.54. The summed E-state index contributed by atoms with van der Waals surface area (Å²) in [6.07, 6.45) is 0.416. The van der Waals surface area contributed by atoms with Crippen molar-refractivity contribution in [1.82, 2.24) is 0 Å². The van der Waals surface area contributed by atoms with Crippen LogP contribution in [0.5, 0.6) is 11.5 Å². The first kappa shape index (κ1) is 18.8. The lowest BCUT2D eigenvalue weighted by Crippen LogP contribution is -2.19. The van der Waals surface area contributed by atoms with E-state index in [1.165, 1.54) is 12.1 Å². The zero-order valence-corrected chi connectivity index (χ0v) is 13.3. The van der Waals surface area contributed by atoms with Gasteiger partial charge in [-0.1, -0.05) is 18.7 Å². The maximum atomic E-state index is 14.1. The highest BCUT2D eigenvalue weighted by Crippen LogP contribution is 2.34. The van der Waals surface area contributed by atoms with Crippen molar-refractivity contribution < 1.29 is 31.4 Å². The van der Waals surface area contributed by atoms with Crippen LogP contribution >= 0.6 is 0 Å². The molecule has 0 aliphatic rings. The molecule has 2 nitrogen and oxygen atoms in total. The molecule has 0 amide bonds. The molecule has 0 atom stereocenters. The second-order valence-corrected chi connectivity index (χ2v) is 5.14. The van der Waals surface area contributed by atoms with E-state index in [2.05, 4.69) is 11.3 Å². The Bertz CT molecular complexity index is 774. The molecule has 0 saturated carbocycles. The Labute approximate surface area is 141 Å². The number of rotatable bonds is 7. The SMILES string of the molecule is C=Cc1ccc(C(F)(F)CCOc2ccc(OC)c(F)c2F)c(F)c1. The van der Waals surface area contributed by atoms with Crippen molar-refractivity contribution >= 4 is 6.08 Å². The number of hydrogen-bond acceptors (Lipinski definition) is 2. The average molecular weight is 358 g/mol. The standard InChI is InChI=1S/C18H15F5O2/c1-3-11-4-5-12(13(19)10-11)18(22,23)8-9-25-15-7-6-14(24-2)16(20)17(15)21/h3-7,10H,1,8-9H2,2H3. The number of benzene rings is 2. The third-order valence-electron chi connectivity index (χ3n) is 3.53. The van der Waals surface area contributed by atoms with Crippen molar-refractivity contribution in [1.29, 1.82) is 0 Å². The molecular weight excluding hydrogens is 343 g/mol. The summed E-state index contributed by atoms with van der Waals surface area (Å²) in [5.74, 6) is -8.10. The molecule has 0 fully saturated rings. The molecule has 25 heavy (non-hydrogen) atoms. The van der Waals surface area contributed by atoms with Crippen molar-refractivity contribution in [2.75, 3.05) is 13.7 Å². The van der Waals surface area contributed by atoms with E-state index in [0.717, 1.165) is 31.4 Å². The second-order valence-electron chi connectivity index (χ2n) is 5.14. The summed E-state index contributed by atoms with van der Waals surface area (Å²) in [4.78, 5) is 0. The molecule has 0 aromatic heterocycles. The smallest absolute Gasteiger partial charge is 0.279 e. The van der Waals surface area contributed by atoms with E-state index in [1.807, 2.05) is 0 Å². The van der Waals surface area contributed by atoms with Crippen molar-refractivity contribution in [2.45, 2.75) is 12.3 Å². The molecule has 0 aliphatic heterocycles. The van der Waals surface area contributed by atoms with E-state index in [9.17, 15) is 22.0 Å². The first-order chi connectivity index (χ1) is 11.8. The number of ether oxygens (including phenoxy) is 2. The first-order valence-electron chi connectivity index (χ1n) is 7.25. The largest absolute Gasteiger partial charge is 0.494 e. The molecule has 0 N–H and O–H groups in total. The fourth-order valence-electron chi connectivity index (χ4n) is 2.16. The second kappa shape index (κ2) is 7.55. The minimum Gasteiger partial charge on any atom is -0.494 e. The lowest BCUT2D eigenvalue weighted by atomic mass is 10.0. The molecular formula is C18H15F5O2. The van der Waals surface area contributed by atoms with Gasteiger partial charge in [-0.2, -0.15) is 8.78 Å². The van der Waals surface area contributed by atoms with E-state index in [4.69, 9.17) is 4.74 Å². The van der Waals surface area contributed by atoms with Crippen LogP contribution in [-0.4, -0.2) is 13.7 Å². The number of halogens is 5. The van der Waals surface area contributed by atoms with E-state index in [1.54, 1.807) is 0 Å². The molecule has 2 rings (SSSR count). The van der Waals surface area contributed by atoms with Crippen molar-refractivity contribution in [3.05, 3.63) is 65.5 Å². The van der Waals surface area contributed by atoms with Gasteiger partial charge in [0.1, 0.15) is 5.82 Å². The van der Waals surface area contributed by atoms with Gasteiger partial charge in [0, 0.05) is 0 Å². The van der Waals surface area contributed by atoms with Crippen LogP contribution in [0.3, 0.4) is 0 Å². The average Bonchev–Trinajstić information content (AvgIpc) is 2.58. The lowest BCUT2D eigenvalue weighted by Gasteiger charge is -2.18. The summed E-state index contributed by atoms with van der Waals surface area (Å²) in [5, 5.41) is 0. The Hall–Kier alpha value is -2.57. The van der Waals surface area contributed by atoms with Gasteiger partial charge in [-0.15, -0.1) is 0 Å². The van der Waals surface area contributed by atoms with Gasteiger partial charge in [0.05, 0.1) is 25.7 Å². The van der Waals surface area contributed by atoms with Gasteiger partial charge in [-0.05, 0) is 29.8 Å². The molecule has 0 aliphatic carbocycles. The summed E-state index contributed by atoms with van der Waals surface area (Å²) < 4.78 is 78.7. The van der Waals surface area contributed by atoms with Gasteiger partial charge in [-0.25, -0.2) is 13.2 Å². The Balaban J connectivity index is 2.08. The highest BCUT2D eigenvalue weighted by Gasteiger charge is 2.34. The summed E-state index contributed by atoms with van der Waals surface area (Å²) in [5.41, 5.74) is -0.438. The fraction of sp³-hybridized carbons (Fsp3) is 0.222. The number of methoxy groups -OCH3 is 1. The molecule has 0 unspecified atom stereocenters. The van der Waals surface area contributed by atoms with Crippen LogP contribution in [0.1, 0.15) is 17.5 Å². The predicted molar refractivity (Wildman–Crippen MR) is 83.4 cm³/mol. The van der Waals surface area contributed by atoms with E-state index in [0.29, 0.717) is 5.56 Å². The van der Waals surface area contributed by atoms with Gasteiger partial charge >= 0.3 is 0 Å². The van der Waals surface area contributed by atoms with Crippen molar-refractivity contribution in [3.8, 4) is 11.5 Å². The highest BCUT2D eigenvalue weighted by atomic mass is 19.3. The quantitative estimate of drug-likeness (QED) is 0.624. The van der Waals surface area contributed by atoms with Gasteiger partial charge in [0.15, 0.2) is 11.5 Å². The summed E-state index contributed by atoms with van der Waals surface area (Å²) in [6.45, 7) is 2.78. The van der Waals surface area contributed by atoms with Gasteiger partial charge < -0.3 is 9.47 Å². The zero-order chi connectivity index (χ0) is 18.6. The summed E-state index contributed by atoms with van der Waals surface area (Å²) in [7, 11) is 1.16. The van der Waals surface area contributed by atoms with Crippen molar-refractivity contribution in [3.63, 3.8) is 0 Å². The van der Waals surface area contributed by atoms with Crippen LogP contribution < -0.4 is 9.47 Å². The molecule has 0 saturated heterocycles. The molecule has 0 bridgehead atoms. The monoisotopic (exact) mass is 358 g/mol. The van der Waals surface area contributed by atoms with Gasteiger partial charge in [0.25, 0.3) is 5.92 Å². The van der Waals surface area contributed by atoms with Crippen LogP contribution in [0, 0.1) is 17.5 Å². The van der Waals surface area contributed by atoms with Gasteiger partial charge in [0.2, 0.25) is 11.6 Å². The molecule has 134 valence electrons. The van der Waals surface area contributed by atoms with Crippen LogP contribution in [0.4, 0.5) is 22.0 Å². The maximum Gasteiger partial charge on any atom is 0.279 e. The van der Waals surface area contributed by atoms with Crippen molar-refractivity contribution in [2.24, 2.45) is 0 Å². The zero-order valence-electron chi connectivity index (χ0n) is 13.3. The third kappa shape index (κ3) is 4.10. The molecule has 7 heteroatoms. The number of alkyl halides is 2. The minimum absolute atomic E-state index is 0.334. The predicted octanol–water partition coefficient (Wildman–Crippen LogP) is 5.32. The first-order valence-corrected chi connectivity index (χ1v) is 7.25. The molecule has 2 aromatic rings. The Morgan fingerprint density at radius 1 is 1.04 bits per heavy atom. The highest BCUT2D eigenvalue weighted by molar-refractivity contribution is 5.48. The van der Waals surface area contributed by atoms with E-state index >= 15 is 0 Å². The molecule has 0 spiro atoms. The van der Waals surface area contributed by atoms with Crippen LogP contribution in [0.15, 0.2) is 36.9 Å². The lowest BCUT2D eigenvalue weighted by molar-refractivity contribution is -0.0276. The van der Waals surface area contributed by atoms with E-state index < -0.39 is 47.7 Å². The Kier molecular flexibility index (Phi) is 5.66. The van der Waals surface area contributed by atoms with Gasteiger partial charge in [-0.3, -0.25) is 0 Å². The molecule has 0 heterocycles. The Morgan fingerprint density at radius 2 is 1.68 bits per heavy atom. The van der Waals surface area contributed by atoms with E-state index in [-0.39, 0.29) is 5.75 Å². The van der Waals surface area contributed by atoms with Crippen LogP contribution in [0.2, 0.25) is 0 Å². The molecule has 2 aromatic carbocycles. The summed E-state index contributed by atoms with van der Waals surface area (Å²) >= 11 is 0. The summed E-state index contributed by atoms with van der Waals surface area (Å²) in [6, 6.07) is 5.38. The van der Waals surface area contributed by atoms with Crippen LogP contribution in [-0.2, 0) is 5.92 Å². The normalized spacial score (nSPS) is 11.3. The maximum absolute atomic E-state index is 14.1. The Morgan fingerprint density at radius 3 is 2.28 bits per heavy atom. The fourth-order valence-corrected chi connectivity index (χ4v) is 2.16. The third-order valence-corrected chi connectivity index (χ3v) is 3.53. The topological polar surface area (TPSA) is 18.5 Å².